The number of anilines is 1. The molecule has 1 fully saturated rings. The zero-order valence-electron chi connectivity index (χ0n) is 13.0. The Morgan fingerprint density at radius 2 is 2.32 bits per heavy atom. The number of carbonyl (C=O) groups excluding carboxylic acids is 2. The summed E-state index contributed by atoms with van der Waals surface area (Å²) in [6.07, 6.45) is 1.37. The normalized spacial score (nSPS) is 19.4. The number of nitrogens with one attached hydrogen (secondary N) is 3. The highest BCUT2D eigenvalue weighted by Gasteiger charge is 2.39. The zero-order valence-corrected chi connectivity index (χ0v) is 14.6. The van der Waals surface area contributed by atoms with Gasteiger partial charge in [-0.2, -0.15) is 0 Å². The SMILES string of the molecule is COc1cnc([C@@H]2CNC(=O)[C@H]2NC(=O)Nc2ccc(Cl)s2)c(F)c1. The van der Waals surface area contributed by atoms with E-state index in [1.54, 1.807) is 12.1 Å². The summed E-state index contributed by atoms with van der Waals surface area (Å²) in [6, 6.07) is 2.95. The average molecular weight is 385 g/mol. The van der Waals surface area contributed by atoms with Gasteiger partial charge in [0.1, 0.15) is 17.6 Å². The molecule has 2 atom stereocenters. The number of hydrogen-bond donors (Lipinski definition) is 3. The summed E-state index contributed by atoms with van der Waals surface area (Å²) in [5.41, 5.74) is 0.0867. The van der Waals surface area contributed by atoms with Gasteiger partial charge < -0.3 is 15.4 Å². The minimum Gasteiger partial charge on any atom is -0.495 e. The first-order chi connectivity index (χ1) is 12.0. The molecule has 3 N–H and O–H groups in total. The van der Waals surface area contributed by atoms with Gasteiger partial charge in [0.2, 0.25) is 5.91 Å². The smallest absolute Gasteiger partial charge is 0.320 e. The number of methoxy groups -OCH3 is 1. The number of halogens is 2. The fourth-order valence-corrected chi connectivity index (χ4v) is 3.47. The first kappa shape index (κ1) is 17.4. The summed E-state index contributed by atoms with van der Waals surface area (Å²) in [5.74, 6) is -1.36. The predicted octanol–water partition coefficient (Wildman–Crippen LogP) is 2.35. The third-order valence-corrected chi connectivity index (χ3v) is 4.86. The van der Waals surface area contributed by atoms with Crippen molar-refractivity contribution in [2.75, 3.05) is 19.0 Å². The Kier molecular flexibility index (Phi) is 5.05. The molecule has 0 radical (unpaired) electrons. The topological polar surface area (TPSA) is 92.3 Å². The number of rotatable bonds is 4. The minimum atomic E-state index is -0.939. The lowest BCUT2D eigenvalue weighted by Crippen LogP contribution is -2.45. The Balaban J connectivity index is 1.74. The Morgan fingerprint density at radius 1 is 1.52 bits per heavy atom. The van der Waals surface area contributed by atoms with E-state index in [9.17, 15) is 14.0 Å². The summed E-state index contributed by atoms with van der Waals surface area (Å²) in [5, 5.41) is 8.28. The molecule has 10 heteroatoms. The third-order valence-electron chi connectivity index (χ3n) is 3.71. The molecule has 3 rings (SSSR count). The molecule has 0 aliphatic carbocycles. The number of amides is 3. The number of thiophene rings is 1. The van der Waals surface area contributed by atoms with Gasteiger partial charge in [-0.05, 0) is 12.1 Å². The molecule has 1 aliphatic heterocycles. The quantitative estimate of drug-likeness (QED) is 0.754. The molecule has 3 amide bonds. The van der Waals surface area contributed by atoms with Gasteiger partial charge in [-0.15, -0.1) is 11.3 Å². The monoisotopic (exact) mass is 384 g/mol. The fraction of sp³-hybridized carbons (Fsp3) is 0.267. The van der Waals surface area contributed by atoms with E-state index in [1.165, 1.54) is 30.7 Å². The summed E-state index contributed by atoms with van der Waals surface area (Å²) < 4.78 is 19.7. The Hall–Kier alpha value is -2.39. The molecule has 0 aromatic carbocycles. The third kappa shape index (κ3) is 3.83. The van der Waals surface area contributed by atoms with Gasteiger partial charge in [-0.3, -0.25) is 15.1 Å². The van der Waals surface area contributed by atoms with E-state index in [-0.39, 0.29) is 18.0 Å². The largest absolute Gasteiger partial charge is 0.495 e. The lowest BCUT2D eigenvalue weighted by atomic mass is 9.98. The van der Waals surface area contributed by atoms with Gasteiger partial charge in [0.25, 0.3) is 0 Å². The van der Waals surface area contributed by atoms with Crippen molar-refractivity contribution in [3.05, 3.63) is 40.2 Å². The molecule has 0 unspecified atom stereocenters. The van der Waals surface area contributed by atoms with Gasteiger partial charge in [0.15, 0.2) is 0 Å². The van der Waals surface area contributed by atoms with Crippen molar-refractivity contribution < 1.29 is 18.7 Å². The lowest BCUT2D eigenvalue weighted by Gasteiger charge is -2.18. The number of nitrogens with zero attached hydrogens (tertiary/aromatic N) is 1. The Morgan fingerprint density at radius 3 is 2.96 bits per heavy atom. The van der Waals surface area contributed by atoms with Crippen molar-refractivity contribution >= 4 is 39.9 Å². The standard InChI is InChI=1S/C15H14ClFN4O3S/c1-24-7-4-9(17)12(18-5-7)8-6-19-14(22)13(8)21-15(23)20-11-3-2-10(16)25-11/h2-5,8,13H,6H2,1H3,(H,19,22)(H2,20,21,23)/t8-,13-/m0/s1. The second kappa shape index (κ2) is 7.24. The number of aromatic nitrogens is 1. The van der Waals surface area contributed by atoms with E-state index in [4.69, 9.17) is 16.3 Å². The molecular weight excluding hydrogens is 371 g/mol. The fourth-order valence-electron chi connectivity index (χ4n) is 2.53. The van der Waals surface area contributed by atoms with Gasteiger partial charge in [-0.1, -0.05) is 11.6 Å². The molecule has 2 aromatic heterocycles. The highest BCUT2D eigenvalue weighted by molar-refractivity contribution is 7.20. The minimum absolute atomic E-state index is 0.0867. The second-order valence-electron chi connectivity index (χ2n) is 5.27. The van der Waals surface area contributed by atoms with Crippen molar-refractivity contribution in [2.45, 2.75) is 12.0 Å². The van der Waals surface area contributed by atoms with Crippen LogP contribution >= 0.6 is 22.9 Å². The maximum absolute atomic E-state index is 14.3. The van der Waals surface area contributed by atoms with Crippen molar-refractivity contribution in [3.63, 3.8) is 0 Å². The van der Waals surface area contributed by atoms with E-state index in [0.717, 1.165) is 0 Å². The zero-order chi connectivity index (χ0) is 18.0. The van der Waals surface area contributed by atoms with Crippen LogP contribution in [0.4, 0.5) is 14.2 Å². The van der Waals surface area contributed by atoms with Crippen LogP contribution in [0.15, 0.2) is 24.4 Å². The van der Waals surface area contributed by atoms with E-state index in [2.05, 4.69) is 20.9 Å². The number of hydrogen-bond acceptors (Lipinski definition) is 5. The molecule has 2 aromatic rings. The summed E-state index contributed by atoms with van der Waals surface area (Å²) in [4.78, 5) is 28.2. The van der Waals surface area contributed by atoms with Crippen molar-refractivity contribution in [1.82, 2.24) is 15.6 Å². The van der Waals surface area contributed by atoms with Crippen molar-refractivity contribution in [2.24, 2.45) is 0 Å². The van der Waals surface area contributed by atoms with Gasteiger partial charge in [0.05, 0.1) is 34.3 Å². The van der Waals surface area contributed by atoms with Crippen LogP contribution < -0.4 is 20.7 Å². The van der Waals surface area contributed by atoms with Gasteiger partial charge >= 0.3 is 6.03 Å². The van der Waals surface area contributed by atoms with Crippen LogP contribution in [0.3, 0.4) is 0 Å². The first-order valence-electron chi connectivity index (χ1n) is 7.28. The molecule has 0 saturated carbocycles. The molecule has 25 heavy (non-hydrogen) atoms. The molecule has 1 saturated heterocycles. The lowest BCUT2D eigenvalue weighted by molar-refractivity contribution is -0.120. The highest BCUT2D eigenvalue weighted by Crippen LogP contribution is 2.28. The molecular formula is C15H14ClFN4O3S. The number of pyridine rings is 1. The number of carbonyl (C=O) groups is 2. The van der Waals surface area contributed by atoms with Crippen LogP contribution in [0.1, 0.15) is 11.6 Å². The number of ether oxygens (including phenoxy) is 1. The summed E-state index contributed by atoms with van der Waals surface area (Å²) >= 11 is 6.99. The molecule has 3 heterocycles. The van der Waals surface area contributed by atoms with Crippen LogP contribution in [0.2, 0.25) is 4.34 Å². The van der Waals surface area contributed by atoms with Crippen LogP contribution in [0.25, 0.3) is 0 Å². The maximum atomic E-state index is 14.3. The van der Waals surface area contributed by atoms with Gasteiger partial charge in [-0.25, -0.2) is 9.18 Å². The molecule has 132 valence electrons. The second-order valence-corrected chi connectivity index (χ2v) is 6.99. The highest BCUT2D eigenvalue weighted by atomic mass is 35.5. The Bertz CT molecular complexity index is 816. The predicted molar refractivity (Wildman–Crippen MR) is 91.8 cm³/mol. The van der Waals surface area contributed by atoms with Crippen LogP contribution in [0, 0.1) is 5.82 Å². The van der Waals surface area contributed by atoms with Crippen molar-refractivity contribution in [1.29, 1.82) is 0 Å². The maximum Gasteiger partial charge on any atom is 0.320 e. The summed E-state index contributed by atoms with van der Waals surface area (Å²) in [6.45, 7) is 0.171. The van der Waals surface area contributed by atoms with Gasteiger partial charge in [0, 0.05) is 12.6 Å². The first-order valence-corrected chi connectivity index (χ1v) is 8.47. The van der Waals surface area contributed by atoms with E-state index in [0.29, 0.717) is 9.34 Å². The molecule has 0 spiro atoms. The van der Waals surface area contributed by atoms with E-state index >= 15 is 0 Å². The summed E-state index contributed by atoms with van der Waals surface area (Å²) in [7, 11) is 1.41. The van der Waals surface area contributed by atoms with E-state index in [1.807, 2.05) is 0 Å². The number of urea groups is 1. The van der Waals surface area contributed by atoms with Crippen molar-refractivity contribution in [3.8, 4) is 5.75 Å². The molecule has 7 nitrogen and oxygen atoms in total. The molecule has 0 bridgehead atoms. The van der Waals surface area contributed by atoms with E-state index < -0.39 is 29.7 Å². The molecule has 1 aliphatic rings. The van der Waals surface area contributed by atoms with Crippen LogP contribution in [-0.2, 0) is 4.79 Å². The Labute approximate surface area is 151 Å². The van der Waals surface area contributed by atoms with Crippen LogP contribution in [-0.4, -0.2) is 36.6 Å². The van der Waals surface area contributed by atoms with Crippen LogP contribution in [0.5, 0.6) is 5.75 Å². The average Bonchev–Trinajstić information content (AvgIpc) is 3.14.